The fourth-order valence-electron chi connectivity index (χ4n) is 2.11. The Morgan fingerprint density at radius 2 is 1.88 bits per heavy atom. The van der Waals surface area contributed by atoms with Crippen LogP contribution in [0.25, 0.3) is 0 Å². The molecule has 1 aromatic heterocycles. The van der Waals surface area contributed by atoms with Gasteiger partial charge in [0.1, 0.15) is 10.0 Å². The van der Waals surface area contributed by atoms with Crippen molar-refractivity contribution in [3.63, 3.8) is 0 Å². The van der Waals surface area contributed by atoms with Crippen LogP contribution < -0.4 is 10.0 Å². The highest BCUT2D eigenvalue weighted by Gasteiger charge is 2.21. The van der Waals surface area contributed by atoms with Crippen LogP contribution in [0.4, 0.5) is 11.4 Å². The number of carbonyl (C=O) groups excluding carboxylic acids is 1. The van der Waals surface area contributed by atoms with Crippen LogP contribution in [0, 0.1) is 0 Å². The summed E-state index contributed by atoms with van der Waals surface area (Å²) < 4.78 is 32.7. The van der Waals surface area contributed by atoms with Crippen LogP contribution in [0.5, 0.6) is 0 Å². The quantitative estimate of drug-likeness (QED) is 0.525. The summed E-state index contributed by atoms with van der Waals surface area (Å²) in [7, 11) is -4.05. The Kier molecular flexibility index (Phi) is 6.69. The van der Waals surface area contributed by atoms with Gasteiger partial charge in [-0.25, -0.2) is 18.2 Å². The molecule has 10 heteroatoms. The summed E-state index contributed by atoms with van der Waals surface area (Å²) in [5, 5.41) is 2.85. The second kappa shape index (κ2) is 8.57. The second-order valence-corrected chi connectivity index (χ2v) is 7.44. The second-order valence-electron chi connectivity index (χ2n) is 5.04. The van der Waals surface area contributed by atoms with Gasteiger partial charge in [0.25, 0.3) is 10.0 Å². The number of rotatable bonds is 7. The van der Waals surface area contributed by atoms with Crippen LogP contribution in [0.2, 0.25) is 10.3 Å². The molecule has 0 aliphatic rings. The summed E-state index contributed by atoms with van der Waals surface area (Å²) in [5.74, 6) is -0.554. The van der Waals surface area contributed by atoms with Crippen LogP contribution in [0.3, 0.4) is 0 Å². The number of hydrogen-bond acceptors (Lipinski definition) is 6. The van der Waals surface area contributed by atoms with Gasteiger partial charge >= 0.3 is 5.97 Å². The third-order valence-corrected chi connectivity index (χ3v) is 5.22. The van der Waals surface area contributed by atoms with E-state index in [2.05, 4.69) is 15.0 Å². The van der Waals surface area contributed by atoms with E-state index in [0.29, 0.717) is 12.2 Å². The number of hydrogen-bond donors (Lipinski definition) is 2. The topological polar surface area (TPSA) is 97.4 Å². The van der Waals surface area contributed by atoms with Gasteiger partial charge in [0, 0.05) is 6.54 Å². The van der Waals surface area contributed by atoms with Crippen molar-refractivity contribution in [2.24, 2.45) is 0 Å². The Labute approximate surface area is 161 Å². The number of aromatic nitrogens is 1. The molecule has 1 aromatic carbocycles. The highest BCUT2D eigenvalue weighted by Crippen LogP contribution is 2.29. The predicted octanol–water partition coefficient (Wildman–Crippen LogP) is 3.80. The van der Waals surface area contributed by atoms with Gasteiger partial charge in [-0.05, 0) is 44.2 Å². The van der Waals surface area contributed by atoms with Crippen molar-refractivity contribution in [2.45, 2.75) is 18.7 Å². The van der Waals surface area contributed by atoms with Crippen LogP contribution >= 0.6 is 23.2 Å². The number of halogens is 2. The van der Waals surface area contributed by atoms with Crippen molar-refractivity contribution in [3.05, 3.63) is 46.2 Å². The first-order valence-electron chi connectivity index (χ1n) is 7.68. The van der Waals surface area contributed by atoms with Gasteiger partial charge in [-0.1, -0.05) is 23.2 Å². The molecular weight excluding hydrogens is 401 g/mol. The summed E-state index contributed by atoms with van der Waals surface area (Å²) in [4.78, 5) is 15.4. The molecule has 7 nitrogen and oxygen atoms in total. The van der Waals surface area contributed by atoms with Crippen molar-refractivity contribution < 1.29 is 17.9 Å². The third kappa shape index (κ3) is 4.78. The molecule has 2 rings (SSSR count). The van der Waals surface area contributed by atoms with E-state index in [1.165, 1.54) is 18.2 Å². The largest absolute Gasteiger partial charge is 0.462 e. The SMILES string of the molecule is CCNc1ccc(C(=O)OCC)cc1NS(=O)(=O)c1ccc(Cl)nc1Cl. The molecule has 0 unspecified atom stereocenters. The third-order valence-electron chi connectivity index (χ3n) is 3.21. The number of nitrogens with zero attached hydrogens (tertiary/aromatic N) is 1. The van der Waals surface area contributed by atoms with Crippen molar-refractivity contribution >= 4 is 50.6 Å². The molecular formula is C16H17Cl2N3O4S. The minimum absolute atomic E-state index is 0.0756. The smallest absolute Gasteiger partial charge is 0.338 e. The molecule has 0 spiro atoms. The molecule has 0 aliphatic carbocycles. The standard InChI is InChI=1S/C16H17Cl2N3O4S/c1-3-19-11-6-5-10(16(22)25-4-2)9-12(11)21-26(23,24)13-7-8-14(17)20-15(13)18/h5-9,19,21H,3-4H2,1-2H3. The van der Waals surface area contributed by atoms with Crippen LogP contribution in [0.15, 0.2) is 35.2 Å². The van der Waals surface area contributed by atoms with Gasteiger partial charge in [0.15, 0.2) is 5.15 Å². The van der Waals surface area contributed by atoms with E-state index in [1.807, 2.05) is 6.92 Å². The lowest BCUT2D eigenvalue weighted by Crippen LogP contribution is -2.16. The molecule has 2 N–H and O–H groups in total. The van der Waals surface area contributed by atoms with Crippen molar-refractivity contribution in [2.75, 3.05) is 23.2 Å². The minimum atomic E-state index is -4.05. The van der Waals surface area contributed by atoms with Crippen LogP contribution in [0.1, 0.15) is 24.2 Å². The molecule has 0 saturated heterocycles. The van der Waals surface area contributed by atoms with Gasteiger partial charge in [-0.15, -0.1) is 0 Å². The number of esters is 1. The number of ether oxygens (including phenoxy) is 1. The van der Waals surface area contributed by atoms with Gasteiger partial charge in [-0.3, -0.25) is 4.72 Å². The normalized spacial score (nSPS) is 11.1. The molecule has 0 aliphatic heterocycles. The first kappa shape index (κ1) is 20.3. The number of benzene rings is 1. The summed E-state index contributed by atoms with van der Waals surface area (Å²) in [6.07, 6.45) is 0. The number of pyridine rings is 1. The molecule has 0 radical (unpaired) electrons. The average molecular weight is 418 g/mol. The van der Waals surface area contributed by atoms with Crippen LogP contribution in [-0.2, 0) is 14.8 Å². The Hall–Kier alpha value is -2.03. The van der Waals surface area contributed by atoms with Gasteiger partial charge in [0.2, 0.25) is 0 Å². The summed E-state index contributed by atoms with van der Waals surface area (Å²) >= 11 is 11.6. The summed E-state index contributed by atoms with van der Waals surface area (Å²) in [5.41, 5.74) is 0.900. The zero-order valence-electron chi connectivity index (χ0n) is 14.0. The summed E-state index contributed by atoms with van der Waals surface area (Å²) in [6.45, 7) is 4.30. The maximum atomic E-state index is 12.7. The fraction of sp³-hybridized carbons (Fsp3) is 0.250. The first-order valence-corrected chi connectivity index (χ1v) is 9.92. The highest BCUT2D eigenvalue weighted by atomic mass is 35.5. The minimum Gasteiger partial charge on any atom is -0.462 e. The molecule has 1 heterocycles. The molecule has 2 aromatic rings. The Morgan fingerprint density at radius 3 is 2.50 bits per heavy atom. The van der Waals surface area contributed by atoms with Gasteiger partial charge in [-0.2, -0.15) is 0 Å². The van der Waals surface area contributed by atoms with E-state index in [9.17, 15) is 13.2 Å². The lowest BCUT2D eigenvalue weighted by molar-refractivity contribution is 0.0526. The molecule has 0 fully saturated rings. The van der Waals surface area contributed by atoms with E-state index >= 15 is 0 Å². The van der Waals surface area contributed by atoms with Crippen molar-refractivity contribution in [3.8, 4) is 0 Å². The maximum absolute atomic E-state index is 12.7. The number of carbonyl (C=O) groups is 1. The average Bonchev–Trinajstić information content (AvgIpc) is 2.56. The Bertz CT molecular complexity index is 920. The lowest BCUT2D eigenvalue weighted by atomic mass is 10.1. The molecule has 140 valence electrons. The van der Waals surface area contributed by atoms with E-state index in [1.54, 1.807) is 19.1 Å². The van der Waals surface area contributed by atoms with Gasteiger partial charge in [0.05, 0.1) is 23.5 Å². The van der Waals surface area contributed by atoms with E-state index < -0.39 is 16.0 Å². The zero-order chi connectivity index (χ0) is 19.3. The van der Waals surface area contributed by atoms with E-state index in [-0.39, 0.29) is 33.1 Å². The number of sulfonamides is 1. The van der Waals surface area contributed by atoms with Gasteiger partial charge < -0.3 is 10.1 Å². The summed E-state index contributed by atoms with van der Waals surface area (Å²) in [6, 6.07) is 7.11. The maximum Gasteiger partial charge on any atom is 0.338 e. The van der Waals surface area contributed by atoms with E-state index in [4.69, 9.17) is 27.9 Å². The monoisotopic (exact) mass is 417 g/mol. The predicted molar refractivity (Wildman–Crippen MR) is 102 cm³/mol. The van der Waals surface area contributed by atoms with E-state index in [0.717, 1.165) is 0 Å². The zero-order valence-corrected chi connectivity index (χ0v) is 16.4. The highest BCUT2D eigenvalue weighted by molar-refractivity contribution is 7.92. The molecule has 0 amide bonds. The molecule has 0 bridgehead atoms. The molecule has 26 heavy (non-hydrogen) atoms. The van der Waals surface area contributed by atoms with Crippen LogP contribution in [-0.4, -0.2) is 32.5 Å². The number of nitrogens with one attached hydrogen (secondary N) is 2. The fourth-order valence-corrected chi connectivity index (χ4v) is 3.85. The number of anilines is 2. The Morgan fingerprint density at radius 1 is 1.15 bits per heavy atom. The molecule has 0 saturated carbocycles. The Balaban J connectivity index is 2.44. The molecule has 0 atom stereocenters. The first-order chi connectivity index (χ1) is 12.3. The lowest BCUT2D eigenvalue weighted by Gasteiger charge is -2.15. The van der Waals surface area contributed by atoms with Crippen molar-refractivity contribution in [1.29, 1.82) is 0 Å². The van der Waals surface area contributed by atoms with Crippen molar-refractivity contribution in [1.82, 2.24) is 4.98 Å².